The predicted molar refractivity (Wildman–Crippen MR) is 90.2 cm³/mol. The molecule has 0 amide bonds. The van der Waals surface area contributed by atoms with Crippen LogP contribution >= 0.6 is 0 Å². The SMILES string of the molecule is C=C(C)C(=O)OCCCCCCCCCCC[N+](C)(C)C. The maximum atomic E-state index is 11.1. The van der Waals surface area contributed by atoms with Gasteiger partial charge in [-0.05, 0) is 26.2 Å². The summed E-state index contributed by atoms with van der Waals surface area (Å²) in [7, 11) is 6.77. The van der Waals surface area contributed by atoms with E-state index < -0.39 is 0 Å². The third-order valence-corrected chi connectivity index (χ3v) is 3.55. The third-order valence-electron chi connectivity index (χ3n) is 3.55. The molecule has 0 saturated carbocycles. The molecule has 0 radical (unpaired) electrons. The molecule has 0 bridgehead atoms. The number of rotatable bonds is 13. The first-order valence-electron chi connectivity index (χ1n) is 8.46. The number of hydrogen-bond donors (Lipinski definition) is 0. The molecule has 3 heteroatoms. The molecular weight excluding hydrogens is 262 g/mol. The lowest BCUT2D eigenvalue weighted by atomic mass is 10.1. The van der Waals surface area contributed by atoms with Crippen LogP contribution in [0.1, 0.15) is 64.7 Å². The van der Waals surface area contributed by atoms with E-state index in [-0.39, 0.29) is 5.97 Å². The van der Waals surface area contributed by atoms with Crippen LogP contribution in [-0.2, 0) is 9.53 Å². The number of ether oxygens (including phenoxy) is 1. The Labute approximate surface area is 131 Å². The van der Waals surface area contributed by atoms with Gasteiger partial charge in [-0.15, -0.1) is 0 Å². The molecule has 0 heterocycles. The molecule has 0 aromatic carbocycles. The average Bonchev–Trinajstić information content (AvgIpc) is 2.38. The van der Waals surface area contributed by atoms with Crippen molar-refractivity contribution in [3.05, 3.63) is 12.2 Å². The zero-order valence-corrected chi connectivity index (χ0v) is 14.7. The van der Waals surface area contributed by atoms with Gasteiger partial charge in [0.25, 0.3) is 0 Å². The molecule has 0 rings (SSSR count). The van der Waals surface area contributed by atoms with Crippen LogP contribution in [0, 0.1) is 0 Å². The minimum Gasteiger partial charge on any atom is -0.462 e. The van der Waals surface area contributed by atoms with Gasteiger partial charge in [0.2, 0.25) is 0 Å². The fourth-order valence-electron chi connectivity index (χ4n) is 2.21. The second kappa shape index (κ2) is 11.8. The van der Waals surface area contributed by atoms with E-state index in [1.807, 2.05) is 0 Å². The fraction of sp³-hybridized carbons (Fsp3) is 0.833. The number of quaternary nitrogens is 1. The van der Waals surface area contributed by atoms with Crippen molar-refractivity contribution in [1.82, 2.24) is 0 Å². The zero-order valence-electron chi connectivity index (χ0n) is 14.7. The summed E-state index contributed by atoms with van der Waals surface area (Å²) in [6.07, 6.45) is 11.5. The van der Waals surface area contributed by atoms with E-state index in [9.17, 15) is 4.79 Å². The van der Waals surface area contributed by atoms with Gasteiger partial charge in [0.05, 0.1) is 34.3 Å². The summed E-state index contributed by atoms with van der Waals surface area (Å²) in [4.78, 5) is 11.1. The number of nitrogens with zero attached hydrogens (tertiary/aromatic N) is 1. The van der Waals surface area contributed by atoms with Crippen molar-refractivity contribution >= 4 is 5.97 Å². The molecule has 0 aliphatic rings. The molecule has 3 nitrogen and oxygen atoms in total. The van der Waals surface area contributed by atoms with Crippen LogP contribution in [0.3, 0.4) is 0 Å². The van der Waals surface area contributed by atoms with Gasteiger partial charge in [0.1, 0.15) is 0 Å². The molecule has 0 saturated heterocycles. The molecule has 0 unspecified atom stereocenters. The topological polar surface area (TPSA) is 26.3 Å². The number of carbonyl (C=O) groups is 1. The highest BCUT2D eigenvalue weighted by molar-refractivity contribution is 5.86. The van der Waals surface area contributed by atoms with E-state index in [2.05, 4.69) is 27.7 Å². The first kappa shape index (κ1) is 20.2. The summed E-state index contributed by atoms with van der Waals surface area (Å²) in [6, 6.07) is 0. The molecule has 0 aromatic rings. The van der Waals surface area contributed by atoms with Crippen molar-refractivity contribution in [3.8, 4) is 0 Å². The van der Waals surface area contributed by atoms with Gasteiger partial charge in [-0.25, -0.2) is 4.79 Å². The first-order chi connectivity index (χ1) is 9.83. The Morgan fingerprint density at radius 2 is 1.29 bits per heavy atom. The quantitative estimate of drug-likeness (QED) is 0.219. The molecule has 0 aliphatic heterocycles. The van der Waals surface area contributed by atoms with Crippen LogP contribution in [0.2, 0.25) is 0 Å². The smallest absolute Gasteiger partial charge is 0.333 e. The first-order valence-corrected chi connectivity index (χ1v) is 8.46. The average molecular weight is 298 g/mol. The lowest BCUT2D eigenvalue weighted by Crippen LogP contribution is -2.35. The molecule has 0 atom stereocenters. The third kappa shape index (κ3) is 15.4. The highest BCUT2D eigenvalue weighted by atomic mass is 16.5. The van der Waals surface area contributed by atoms with Crippen LogP contribution in [0.5, 0.6) is 0 Å². The molecule has 0 aromatic heterocycles. The van der Waals surface area contributed by atoms with E-state index in [1.54, 1.807) is 6.92 Å². The normalized spacial score (nSPS) is 11.4. The van der Waals surface area contributed by atoms with Crippen LogP contribution in [0.4, 0.5) is 0 Å². The molecule has 0 spiro atoms. The van der Waals surface area contributed by atoms with Gasteiger partial charge in [-0.1, -0.05) is 45.1 Å². The van der Waals surface area contributed by atoms with Crippen LogP contribution in [-0.4, -0.2) is 44.7 Å². The Morgan fingerprint density at radius 3 is 1.71 bits per heavy atom. The second-order valence-electron chi connectivity index (χ2n) is 7.11. The molecule has 124 valence electrons. The van der Waals surface area contributed by atoms with Crippen molar-refractivity contribution in [2.45, 2.75) is 64.7 Å². The lowest BCUT2D eigenvalue weighted by molar-refractivity contribution is -0.870. The van der Waals surface area contributed by atoms with E-state index in [4.69, 9.17) is 4.74 Å². The van der Waals surface area contributed by atoms with E-state index in [0.29, 0.717) is 12.2 Å². The number of unbranched alkanes of at least 4 members (excludes halogenated alkanes) is 8. The summed E-state index contributed by atoms with van der Waals surface area (Å²) < 4.78 is 6.14. The maximum Gasteiger partial charge on any atom is 0.333 e. The summed E-state index contributed by atoms with van der Waals surface area (Å²) in [6.45, 7) is 7.07. The Morgan fingerprint density at radius 1 is 0.857 bits per heavy atom. The lowest BCUT2D eigenvalue weighted by Gasteiger charge is -2.23. The molecule has 0 fully saturated rings. The Balaban J connectivity index is 3.16. The monoisotopic (exact) mass is 298 g/mol. The summed E-state index contributed by atoms with van der Waals surface area (Å²) in [5.74, 6) is -0.260. The van der Waals surface area contributed by atoms with Gasteiger partial charge in [-0.2, -0.15) is 0 Å². The minimum atomic E-state index is -0.260. The molecule has 0 N–H and O–H groups in total. The Hall–Kier alpha value is -0.830. The standard InChI is InChI=1S/C18H36NO2/c1-17(2)18(20)21-16-14-12-10-8-6-7-9-11-13-15-19(3,4)5/h1,6-16H2,2-5H3/q+1. The molecule has 0 aliphatic carbocycles. The zero-order chi connectivity index (χ0) is 16.1. The highest BCUT2D eigenvalue weighted by Gasteiger charge is 2.05. The van der Waals surface area contributed by atoms with Gasteiger partial charge < -0.3 is 9.22 Å². The highest BCUT2D eigenvalue weighted by Crippen LogP contribution is 2.10. The van der Waals surface area contributed by atoms with E-state index in [1.165, 1.54) is 51.5 Å². The minimum absolute atomic E-state index is 0.260. The Kier molecular flexibility index (Phi) is 11.3. The van der Waals surface area contributed by atoms with Crippen LogP contribution < -0.4 is 0 Å². The van der Waals surface area contributed by atoms with Crippen molar-refractivity contribution in [2.75, 3.05) is 34.3 Å². The van der Waals surface area contributed by atoms with E-state index in [0.717, 1.165) is 17.3 Å². The summed E-state index contributed by atoms with van der Waals surface area (Å²) >= 11 is 0. The van der Waals surface area contributed by atoms with Crippen LogP contribution in [0.25, 0.3) is 0 Å². The van der Waals surface area contributed by atoms with Gasteiger partial charge >= 0.3 is 5.97 Å². The maximum absolute atomic E-state index is 11.1. The van der Waals surface area contributed by atoms with Gasteiger partial charge in [0, 0.05) is 5.57 Å². The number of hydrogen-bond acceptors (Lipinski definition) is 2. The second-order valence-corrected chi connectivity index (χ2v) is 7.11. The number of esters is 1. The van der Waals surface area contributed by atoms with Gasteiger partial charge in [-0.3, -0.25) is 0 Å². The van der Waals surface area contributed by atoms with Crippen molar-refractivity contribution in [3.63, 3.8) is 0 Å². The summed E-state index contributed by atoms with van der Waals surface area (Å²) in [5, 5.41) is 0. The largest absolute Gasteiger partial charge is 0.462 e. The van der Waals surface area contributed by atoms with Gasteiger partial charge in [0.15, 0.2) is 0 Å². The number of carbonyl (C=O) groups excluding carboxylic acids is 1. The van der Waals surface area contributed by atoms with Crippen molar-refractivity contribution < 1.29 is 14.0 Å². The fourth-order valence-corrected chi connectivity index (χ4v) is 2.21. The molecular formula is C18H36NO2+. The van der Waals surface area contributed by atoms with Crippen molar-refractivity contribution in [2.24, 2.45) is 0 Å². The molecule has 21 heavy (non-hydrogen) atoms. The van der Waals surface area contributed by atoms with Crippen molar-refractivity contribution in [1.29, 1.82) is 0 Å². The Bertz CT molecular complexity index is 292. The summed E-state index contributed by atoms with van der Waals surface area (Å²) in [5.41, 5.74) is 0.486. The van der Waals surface area contributed by atoms with E-state index >= 15 is 0 Å². The predicted octanol–water partition coefficient (Wildman–Crippen LogP) is 4.32. The van der Waals surface area contributed by atoms with Crippen LogP contribution in [0.15, 0.2) is 12.2 Å².